The highest BCUT2D eigenvalue weighted by molar-refractivity contribution is 6.06. The second-order valence-electron chi connectivity index (χ2n) is 7.95. The number of aryl methyl sites for hydroxylation is 1. The Morgan fingerprint density at radius 2 is 1.97 bits per heavy atom. The van der Waals surface area contributed by atoms with Crippen molar-refractivity contribution in [3.05, 3.63) is 46.6 Å². The number of allylic oxidation sites excluding steroid dienone is 1. The second kappa shape index (κ2) is 8.55. The number of ether oxygens (including phenoxy) is 3. The molecular weight excluding hydrogens is 404 g/mol. The summed E-state index contributed by atoms with van der Waals surface area (Å²) >= 11 is 0. The maximum absolute atomic E-state index is 13.4. The number of phenolic OH excluding ortho intramolecular Hbond substituents is 2. The fraction of sp³-hybridized carbons (Fsp3) is 0.435. The van der Waals surface area contributed by atoms with Gasteiger partial charge in [-0.2, -0.15) is 0 Å². The molecule has 3 atom stereocenters. The molecule has 31 heavy (non-hydrogen) atoms. The number of benzene rings is 1. The monoisotopic (exact) mass is 430 g/mol. The minimum absolute atomic E-state index is 0.0621. The first kappa shape index (κ1) is 22.6. The van der Waals surface area contributed by atoms with Gasteiger partial charge in [0.2, 0.25) is 11.4 Å². The zero-order chi connectivity index (χ0) is 22.9. The van der Waals surface area contributed by atoms with Crippen molar-refractivity contribution < 1.29 is 38.8 Å². The molecule has 166 valence electrons. The zero-order valence-electron chi connectivity index (χ0n) is 17.9. The standard InChI is InChI=1S/C23H26O8/c1-5-6-16-8-14-9-19(30-13(3)24)23(4,21(27)17(14)11-29-16)31-22(28)20-12(2)7-15(25)10-18(20)26/h5-7,10,16,19,25-26H,8-9,11H2,1-4H3/b6-5+/t16?,19-,23-/m0/s1. The van der Waals surface area contributed by atoms with Crippen molar-refractivity contribution in [3.63, 3.8) is 0 Å². The van der Waals surface area contributed by atoms with Crippen LogP contribution in [-0.2, 0) is 23.8 Å². The Morgan fingerprint density at radius 1 is 1.26 bits per heavy atom. The highest BCUT2D eigenvalue weighted by Gasteiger charge is 2.53. The molecule has 1 aliphatic heterocycles. The van der Waals surface area contributed by atoms with Gasteiger partial charge in [-0.05, 0) is 38.8 Å². The van der Waals surface area contributed by atoms with E-state index in [9.17, 15) is 24.6 Å². The van der Waals surface area contributed by atoms with Crippen LogP contribution in [-0.4, -0.2) is 52.4 Å². The van der Waals surface area contributed by atoms with Crippen LogP contribution in [0.1, 0.15) is 49.5 Å². The third-order valence-electron chi connectivity index (χ3n) is 5.61. The molecule has 1 heterocycles. The van der Waals surface area contributed by atoms with E-state index < -0.39 is 35.2 Å². The van der Waals surface area contributed by atoms with Crippen molar-refractivity contribution in [1.82, 2.24) is 0 Å². The van der Waals surface area contributed by atoms with Gasteiger partial charge < -0.3 is 24.4 Å². The molecule has 8 nitrogen and oxygen atoms in total. The Hall–Kier alpha value is -3.13. The van der Waals surface area contributed by atoms with Crippen molar-refractivity contribution in [2.24, 2.45) is 0 Å². The summed E-state index contributed by atoms with van der Waals surface area (Å²) in [5.41, 5.74) is -0.488. The molecular formula is C23H26O8. The van der Waals surface area contributed by atoms with Gasteiger partial charge in [-0.1, -0.05) is 17.7 Å². The van der Waals surface area contributed by atoms with E-state index in [4.69, 9.17) is 14.2 Å². The molecule has 3 rings (SSSR count). The second-order valence-corrected chi connectivity index (χ2v) is 7.95. The van der Waals surface area contributed by atoms with Crippen LogP contribution in [0.5, 0.6) is 11.5 Å². The van der Waals surface area contributed by atoms with Crippen molar-refractivity contribution in [2.75, 3.05) is 6.61 Å². The summed E-state index contributed by atoms with van der Waals surface area (Å²) in [7, 11) is 0. The first-order valence-electron chi connectivity index (χ1n) is 10.00. The molecule has 0 bridgehead atoms. The number of phenols is 2. The molecule has 1 unspecified atom stereocenters. The molecule has 0 spiro atoms. The lowest BCUT2D eigenvalue weighted by molar-refractivity contribution is -0.169. The van der Waals surface area contributed by atoms with E-state index in [1.165, 1.54) is 26.8 Å². The first-order valence-corrected chi connectivity index (χ1v) is 10.00. The summed E-state index contributed by atoms with van der Waals surface area (Å²) in [6, 6.07) is 2.30. The summed E-state index contributed by atoms with van der Waals surface area (Å²) in [4.78, 5) is 38.1. The number of Topliss-reactive ketones (excluding diaryl/α,β-unsaturated/α-hetero) is 1. The molecule has 2 aliphatic rings. The molecule has 1 aliphatic carbocycles. The van der Waals surface area contributed by atoms with E-state index in [-0.39, 0.29) is 36.0 Å². The normalized spacial score (nSPS) is 26.0. The van der Waals surface area contributed by atoms with Crippen molar-refractivity contribution in [2.45, 2.75) is 58.3 Å². The quantitative estimate of drug-likeness (QED) is 0.553. The summed E-state index contributed by atoms with van der Waals surface area (Å²) in [6.07, 6.45) is 3.25. The lowest BCUT2D eigenvalue weighted by Gasteiger charge is -2.42. The van der Waals surface area contributed by atoms with Crippen molar-refractivity contribution in [1.29, 1.82) is 0 Å². The zero-order valence-corrected chi connectivity index (χ0v) is 17.9. The number of ketones is 1. The third-order valence-corrected chi connectivity index (χ3v) is 5.61. The van der Waals surface area contributed by atoms with E-state index in [0.717, 1.165) is 11.6 Å². The SMILES string of the molecule is C/C=C/C1CC2=C(CO1)C(=O)[C@@](C)(OC(=O)c1c(C)cc(O)cc1O)[C@@H](OC(C)=O)C2. The predicted molar refractivity (Wildman–Crippen MR) is 110 cm³/mol. The number of hydrogen-bond donors (Lipinski definition) is 2. The predicted octanol–water partition coefficient (Wildman–Crippen LogP) is 2.89. The van der Waals surface area contributed by atoms with Crippen LogP contribution in [0.4, 0.5) is 0 Å². The smallest absolute Gasteiger partial charge is 0.343 e. The Morgan fingerprint density at radius 3 is 2.58 bits per heavy atom. The minimum Gasteiger partial charge on any atom is -0.508 e. The van der Waals surface area contributed by atoms with Gasteiger partial charge in [-0.3, -0.25) is 9.59 Å². The van der Waals surface area contributed by atoms with Gasteiger partial charge in [-0.25, -0.2) is 4.79 Å². The van der Waals surface area contributed by atoms with Gasteiger partial charge in [0, 0.05) is 25.0 Å². The topological polar surface area (TPSA) is 119 Å². The van der Waals surface area contributed by atoms with Crippen molar-refractivity contribution in [3.8, 4) is 11.5 Å². The summed E-state index contributed by atoms with van der Waals surface area (Å²) in [5, 5.41) is 19.7. The average Bonchev–Trinajstić information content (AvgIpc) is 2.65. The van der Waals surface area contributed by atoms with Gasteiger partial charge in [0.05, 0.1) is 12.7 Å². The summed E-state index contributed by atoms with van der Waals surface area (Å²) in [5.74, 6) is -2.76. The molecule has 8 heteroatoms. The van der Waals surface area contributed by atoms with E-state index in [0.29, 0.717) is 12.0 Å². The largest absolute Gasteiger partial charge is 0.508 e. The van der Waals surface area contributed by atoms with Crippen molar-refractivity contribution >= 4 is 17.7 Å². The van der Waals surface area contributed by atoms with Crippen LogP contribution in [0.3, 0.4) is 0 Å². The lowest BCUT2D eigenvalue weighted by atomic mass is 9.75. The Kier molecular flexibility index (Phi) is 6.22. The molecule has 0 fully saturated rings. The maximum atomic E-state index is 13.4. The number of rotatable bonds is 4. The average molecular weight is 430 g/mol. The fourth-order valence-electron chi connectivity index (χ4n) is 4.08. The number of aromatic hydroxyl groups is 2. The van der Waals surface area contributed by atoms with Gasteiger partial charge in [-0.15, -0.1) is 0 Å². The van der Waals surface area contributed by atoms with Crippen LogP contribution < -0.4 is 0 Å². The highest BCUT2D eigenvalue weighted by atomic mass is 16.6. The van der Waals surface area contributed by atoms with E-state index in [1.807, 2.05) is 19.1 Å². The van der Waals surface area contributed by atoms with Gasteiger partial charge in [0.15, 0.2) is 6.10 Å². The van der Waals surface area contributed by atoms with Gasteiger partial charge in [0.25, 0.3) is 0 Å². The lowest BCUT2D eigenvalue weighted by Crippen LogP contribution is -2.56. The number of carbonyl (C=O) groups excluding carboxylic acids is 3. The van der Waals surface area contributed by atoms with E-state index in [1.54, 1.807) is 0 Å². The highest BCUT2D eigenvalue weighted by Crippen LogP contribution is 2.40. The Labute approximate surface area is 180 Å². The van der Waals surface area contributed by atoms with Crippen LogP contribution in [0, 0.1) is 6.92 Å². The Balaban J connectivity index is 1.98. The number of hydrogen-bond acceptors (Lipinski definition) is 8. The van der Waals surface area contributed by atoms with Crippen LogP contribution in [0.15, 0.2) is 35.4 Å². The minimum atomic E-state index is -1.80. The van der Waals surface area contributed by atoms with E-state index in [2.05, 4.69) is 0 Å². The third kappa shape index (κ3) is 4.34. The molecule has 0 aromatic heterocycles. The van der Waals surface area contributed by atoms with Crippen LogP contribution in [0.2, 0.25) is 0 Å². The molecule has 0 amide bonds. The van der Waals surface area contributed by atoms with Crippen LogP contribution in [0.25, 0.3) is 0 Å². The number of carbonyl (C=O) groups is 3. The Bertz CT molecular complexity index is 966. The van der Waals surface area contributed by atoms with Gasteiger partial charge >= 0.3 is 11.9 Å². The number of esters is 2. The summed E-state index contributed by atoms with van der Waals surface area (Å²) in [6.45, 7) is 6.07. The van der Waals surface area contributed by atoms with Gasteiger partial charge in [0.1, 0.15) is 17.1 Å². The van der Waals surface area contributed by atoms with Crippen LogP contribution >= 0.6 is 0 Å². The maximum Gasteiger partial charge on any atom is 0.343 e. The molecule has 0 saturated carbocycles. The molecule has 1 aromatic rings. The first-order chi connectivity index (χ1) is 14.6. The summed E-state index contributed by atoms with van der Waals surface area (Å²) < 4.78 is 16.7. The molecule has 0 saturated heterocycles. The molecule has 1 aromatic carbocycles. The fourth-order valence-corrected chi connectivity index (χ4v) is 4.08. The molecule has 0 radical (unpaired) electrons. The molecule has 2 N–H and O–H groups in total. The van der Waals surface area contributed by atoms with E-state index >= 15 is 0 Å².